The first-order valence-electron chi connectivity index (χ1n) is 11.8. The summed E-state index contributed by atoms with van der Waals surface area (Å²) < 4.78 is 8.57. The molecular formula is C27H42BrNO. The van der Waals surface area contributed by atoms with E-state index in [1.54, 1.807) is 0 Å². The molecule has 1 heterocycles. The van der Waals surface area contributed by atoms with Gasteiger partial charge in [-0.2, -0.15) is 0 Å². The SMILES string of the molecule is CCCCCc1ccc(OCCCC[n+]2ccc(C)cc2C)c(CCCCC)c1.[Br-]. The van der Waals surface area contributed by atoms with Crippen molar-refractivity contribution in [3.05, 3.63) is 58.9 Å². The van der Waals surface area contributed by atoms with E-state index in [0.29, 0.717) is 0 Å². The molecule has 0 aliphatic heterocycles. The number of hydrogen-bond donors (Lipinski definition) is 0. The van der Waals surface area contributed by atoms with E-state index < -0.39 is 0 Å². The summed E-state index contributed by atoms with van der Waals surface area (Å²) in [4.78, 5) is 0. The zero-order valence-corrected chi connectivity index (χ0v) is 21.3. The van der Waals surface area contributed by atoms with Crippen molar-refractivity contribution in [1.82, 2.24) is 0 Å². The van der Waals surface area contributed by atoms with E-state index in [1.165, 1.54) is 67.3 Å². The van der Waals surface area contributed by atoms with Crippen molar-refractivity contribution in [2.24, 2.45) is 0 Å². The molecule has 2 nitrogen and oxygen atoms in total. The minimum absolute atomic E-state index is 0. The van der Waals surface area contributed by atoms with Gasteiger partial charge >= 0.3 is 0 Å². The van der Waals surface area contributed by atoms with Crippen LogP contribution in [0.3, 0.4) is 0 Å². The first kappa shape index (κ1) is 26.7. The van der Waals surface area contributed by atoms with Crippen LogP contribution in [0.5, 0.6) is 5.75 Å². The van der Waals surface area contributed by atoms with Crippen molar-refractivity contribution < 1.29 is 26.3 Å². The molecular weight excluding hydrogens is 434 g/mol. The predicted octanol–water partition coefficient (Wildman–Crippen LogP) is 3.92. The summed E-state index contributed by atoms with van der Waals surface area (Å²) in [6.07, 6.45) is 14.5. The maximum absolute atomic E-state index is 6.23. The molecule has 0 fully saturated rings. The number of aromatic nitrogens is 1. The second-order valence-corrected chi connectivity index (χ2v) is 8.45. The third-order valence-electron chi connectivity index (χ3n) is 5.70. The smallest absolute Gasteiger partial charge is 0.178 e. The Balaban J connectivity index is 0.00000450. The highest BCUT2D eigenvalue weighted by molar-refractivity contribution is 5.37. The lowest BCUT2D eigenvalue weighted by Gasteiger charge is -2.13. The highest BCUT2D eigenvalue weighted by Gasteiger charge is 2.08. The number of ether oxygens (including phenoxy) is 1. The number of rotatable bonds is 14. The minimum Gasteiger partial charge on any atom is -1.00 e. The molecule has 0 spiro atoms. The number of nitrogens with zero attached hydrogens (tertiary/aromatic N) is 1. The van der Waals surface area contributed by atoms with E-state index in [9.17, 15) is 0 Å². The summed E-state index contributed by atoms with van der Waals surface area (Å²) in [5, 5.41) is 0. The average molecular weight is 477 g/mol. The molecule has 30 heavy (non-hydrogen) atoms. The number of halogens is 1. The van der Waals surface area contributed by atoms with E-state index in [-0.39, 0.29) is 17.0 Å². The third kappa shape index (κ3) is 9.64. The number of unbranched alkanes of at least 4 members (excludes halogenated alkanes) is 5. The van der Waals surface area contributed by atoms with Crippen molar-refractivity contribution in [3.8, 4) is 5.75 Å². The molecule has 0 aliphatic carbocycles. The molecule has 168 valence electrons. The van der Waals surface area contributed by atoms with E-state index in [4.69, 9.17) is 4.74 Å². The minimum atomic E-state index is 0. The van der Waals surface area contributed by atoms with Gasteiger partial charge < -0.3 is 21.7 Å². The van der Waals surface area contributed by atoms with Gasteiger partial charge in [-0.05, 0) is 61.8 Å². The number of aryl methyl sites for hydroxylation is 5. The summed E-state index contributed by atoms with van der Waals surface area (Å²) in [6.45, 7) is 10.8. The zero-order chi connectivity index (χ0) is 20.9. The number of hydrogen-bond acceptors (Lipinski definition) is 1. The van der Waals surface area contributed by atoms with Crippen LogP contribution in [0.15, 0.2) is 36.5 Å². The van der Waals surface area contributed by atoms with Crippen LogP contribution in [0.25, 0.3) is 0 Å². The van der Waals surface area contributed by atoms with Crippen LogP contribution >= 0.6 is 0 Å². The summed E-state index contributed by atoms with van der Waals surface area (Å²) in [5.41, 5.74) is 5.55. The maximum atomic E-state index is 6.23. The van der Waals surface area contributed by atoms with Crippen LogP contribution in [0.4, 0.5) is 0 Å². The maximum Gasteiger partial charge on any atom is 0.178 e. The molecule has 1 aromatic carbocycles. The summed E-state index contributed by atoms with van der Waals surface area (Å²) in [7, 11) is 0. The van der Waals surface area contributed by atoms with Crippen molar-refractivity contribution in [3.63, 3.8) is 0 Å². The fraction of sp³-hybridized carbons (Fsp3) is 0.593. The number of benzene rings is 1. The molecule has 3 heteroatoms. The Bertz CT molecular complexity index is 729. The van der Waals surface area contributed by atoms with Crippen LogP contribution in [-0.2, 0) is 19.4 Å². The Morgan fingerprint density at radius 2 is 1.53 bits per heavy atom. The Morgan fingerprint density at radius 1 is 0.800 bits per heavy atom. The lowest BCUT2D eigenvalue weighted by molar-refractivity contribution is -0.703. The fourth-order valence-corrected chi connectivity index (χ4v) is 3.87. The van der Waals surface area contributed by atoms with Crippen LogP contribution in [0, 0.1) is 13.8 Å². The molecule has 1 aromatic heterocycles. The first-order chi connectivity index (χ1) is 14.1. The van der Waals surface area contributed by atoms with Gasteiger partial charge in [0.15, 0.2) is 11.9 Å². The van der Waals surface area contributed by atoms with Crippen LogP contribution < -0.4 is 26.3 Å². The molecule has 2 aromatic rings. The highest BCUT2D eigenvalue weighted by Crippen LogP contribution is 2.24. The topological polar surface area (TPSA) is 13.1 Å². The normalized spacial score (nSPS) is 10.7. The van der Waals surface area contributed by atoms with Crippen molar-refractivity contribution >= 4 is 0 Å². The predicted molar refractivity (Wildman–Crippen MR) is 124 cm³/mol. The molecule has 0 amide bonds. The summed E-state index contributed by atoms with van der Waals surface area (Å²) in [5.74, 6) is 1.11. The lowest BCUT2D eigenvalue weighted by atomic mass is 10.00. The Labute approximate surface area is 195 Å². The monoisotopic (exact) mass is 475 g/mol. The molecule has 0 bridgehead atoms. The molecule has 0 unspecified atom stereocenters. The Morgan fingerprint density at radius 3 is 2.23 bits per heavy atom. The van der Waals surface area contributed by atoms with E-state index in [2.05, 4.69) is 68.8 Å². The highest BCUT2D eigenvalue weighted by atomic mass is 79.9. The quantitative estimate of drug-likeness (QED) is 0.298. The largest absolute Gasteiger partial charge is 1.00 e. The number of pyridine rings is 1. The van der Waals surface area contributed by atoms with Gasteiger partial charge in [0.1, 0.15) is 12.3 Å². The summed E-state index contributed by atoms with van der Waals surface area (Å²) in [6, 6.07) is 11.3. The molecule has 0 radical (unpaired) electrons. The van der Waals surface area contributed by atoms with Gasteiger partial charge in [-0.15, -0.1) is 0 Å². The van der Waals surface area contributed by atoms with Crippen molar-refractivity contribution in [1.29, 1.82) is 0 Å². The van der Waals surface area contributed by atoms with Crippen molar-refractivity contribution in [2.75, 3.05) is 6.61 Å². The van der Waals surface area contributed by atoms with Gasteiger partial charge in [-0.1, -0.05) is 51.7 Å². The molecule has 0 aliphatic rings. The van der Waals surface area contributed by atoms with Crippen molar-refractivity contribution in [2.45, 2.75) is 98.4 Å². The van der Waals surface area contributed by atoms with Crippen LogP contribution in [0.1, 0.15) is 87.6 Å². The lowest BCUT2D eigenvalue weighted by Crippen LogP contribution is -3.00. The van der Waals surface area contributed by atoms with Gasteiger partial charge in [-0.25, -0.2) is 4.57 Å². The molecule has 0 N–H and O–H groups in total. The second-order valence-electron chi connectivity index (χ2n) is 8.45. The van der Waals surface area contributed by atoms with Crippen LogP contribution in [-0.4, -0.2) is 6.61 Å². The van der Waals surface area contributed by atoms with E-state index in [1.807, 2.05) is 0 Å². The van der Waals surface area contributed by atoms with Gasteiger partial charge in [0.05, 0.1) is 6.61 Å². The third-order valence-corrected chi connectivity index (χ3v) is 5.70. The van der Waals surface area contributed by atoms with E-state index >= 15 is 0 Å². The Kier molecular flexibility index (Phi) is 13.7. The molecule has 0 saturated heterocycles. The van der Waals surface area contributed by atoms with Gasteiger partial charge in [0, 0.05) is 25.5 Å². The van der Waals surface area contributed by atoms with Gasteiger partial charge in [0.25, 0.3) is 0 Å². The second kappa shape index (κ2) is 15.5. The Hall–Kier alpha value is -1.35. The molecule has 2 rings (SSSR count). The first-order valence-corrected chi connectivity index (χ1v) is 11.8. The standard InChI is InChI=1S/C27H42NO.BrH/c1-5-7-9-13-25-15-16-27(26(22-25)14-10-8-6-2)29-20-12-11-18-28-19-17-23(3)21-24(28)4;/h15-17,19,21-22H,5-14,18,20H2,1-4H3;1H/q+1;/p-1. The molecule has 0 saturated carbocycles. The van der Waals surface area contributed by atoms with E-state index in [0.717, 1.165) is 38.2 Å². The molecule has 0 atom stereocenters. The van der Waals surface area contributed by atoms with Crippen LogP contribution in [0.2, 0.25) is 0 Å². The zero-order valence-electron chi connectivity index (χ0n) is 19.7. The average Bonchev–Trinajstić information content (AvgIpc) is 2.71. The summed E-state index contributed by atoms with van der Waals surface area (Å²) >= 11 is 0. The fourth-order valence-electron chi connectivity index (χ4n) is 3.87. The van der Waals surface area contributed by atoms with Gasteiger partial charge in [0.2, 0.25) is 0 Å². The van der Waals surface area contributed by atoms with Gasteiger partial charge in [-0.3, -0.25) is 0 Å².